The first kappa shape index (κ1) is 15.7. The molecule has 0 bridgehead atoms. The number of thiophene rings is 1. The second kappa shape index (κ2) is 7.39. The molecule has 0 fully saturated rings. The number of para-hydroxylation sites is 2. The second-order valence-electron chi connectivity index (χ2n) is 5.14. The molecular weight excluding hydrogens is 310 g/mol. The molecular formula is C17H19N3O2S. The minimum atomic E-state index is -0.0282. The van der Waals surface area contributed by atoms with E-state index in [1.54, 1.807) is 7.11 Å². The molecule has 0 saturated heterocycles. The maximum atomic E-state index is 12.0. The molecule has 1 amide bonds. The molecule has 3 rings (SSSR count). The predicted octanol–water partition coefficient (Wildman–Crippen LogP) is 2.72. The molecule has 0 aliphatic heterocycles. The molecule has 0 spiro atoms. The number of carbonyl (C=O) groups is 1. The third-order valence-electron chi connectivity index (χ3n) is 3.63. The van der Waals surface area contributed by atoms with E-state index in [1.165, 1.54) is 11.3 Å². The van der Waals surface area contributed by atoms with Crippen molar-refractivity contribution in [1.29, 1.82) is 0 Å². The van der Waals surface area contributed by atoms with Gasteiger partial charge in [-0.25, -0.2) is 4.98 Å². The Morgan fingerprint density at radius 1 is 1.30 bits per heavy atom. The average molecular weight is 329 g/mol. The average Bonchev–Trinajstić information content (AvgIpc) is 3.21. The summed E-state index contributed by atoms with van der Waals surface area (Å²) in [5.74, 6) is 0.939. The fourth-order valence-corrected chi connectivity index (χ4v) is 3.17. The van der Waals surface area contributed by atoms with Crippen LogP contribution in [-0.4, -0.2) is 35.7 Å². The Balaban J connectivity index is 1.70. The van der Waals surface area contributed by atoms with Crippen molar-refractivity contribution in [3.8, 4) is 0 Å². The van der Waals surface area contributed by atoms with Crippen LogP contribution in [0.1, 0.15) is 15.5 Å². The second-order valence-corrected chi connectivity index (χ2v) is 6.09. The topological polar surface area (TPSA) is 56.1 Å². The van der Waals surface area contributed by atoms with E-state index in [1.807, 2.05) is 35.7 Å². The van der Waals surface area contributed by atoms with Gasteiger partial charge in [0.15, 0.2) is 0 Å². The van der Waals surface area contributed by atoms with Crippen LogP contribution >= 0.6 is 11.3 Å². The SMILES string of the molecule is COCCn1c(CCNC(=O)c2cccs2)nc2ccccc21. The number of carbonyl (C=O) groups excluding carboxylic acids is 1. The van der Waals surface area contributed by atoms with Crippen LogP contribution in [0.25, 0.3) is 11.0 Å². The Kier molecular flexibility index (Phi) is 5.05. The standard InChI is InChI=1S/C17H19N3O2S/c1-22-11-10-20-14-6-3-2-5-13(14)19-16(20)8-9-18-17(21)15-7-4-12-23-15/h2-7,12H,8-11H2,1H3,(H,18,21). The number of fused-ring (bicyclic) bond motifs is 1. The van der Waals surface area contributed by atoms with E-state index in [4.69, 9.17) is 4.74 Å². The highest BCUT2D eigenvalue weighted by atomic mass is 32.1. The van der Waals surface area contributed by atoms with Gasteiger partial charge in [-0.15, -0.1) is 11.3 Å². The Bertz CT molecular complexity index is 780. The van der Waals surface area contributed by atoms with E-state index in [0.29, 0.717) is 19.6 Å². The minimum absolute atomic E-state index is 0.0282. The molecule has 2 aromatic heterocycles. The summed E-state index contributed by atoms with van der Waals surface area (Å²) in [6.07, 6.45) is 0.690. The van der Waals surface area contributed by atoms with Gasteiger partial charge in [-0.05, 0) is 23.6 Å². The van der Waals surface area contributed by atoms with Crippen molar-refractivity contribution in [2.75, 3.05) is 20.3 Å². The van der Waals surface area contributed by atoms with Gasteiger partial charge in [0, 0.05) is 26.6 Å². The molecule has 0 atom stereocenters. The first-order valence-electron chi connectivity index (χ1n) is 7.54. The lowest BCUT2D eigenvalue weighted by atomic mass is 10.3. The minimum Gasteiger partial charge on any atom is -0.383 e. The summed E-state index contributed by atoms with van der Waals surface area (Å²) in [5.41, 5.74) is 2.08. The van der Waals surface area contributed by atoms with E-state index in [-0.39, 0.29) is 5.91 Å². The highest BCUT2D eigenvalue weighted by Crippen LogP contribution is 2.16. The zero-order chi connectivity index (χ0) is 16.1. The molecule has 6 heteroatoms. The van der Waals surface area contributed by atoms with Crippen LogP contribution in [0.2, 0.25) is 0 Å². The molecule has 3 aromatic rings. The molecule has 0 aliphatic carbocycles. The highest BCUT2D eigenvalue weighted by molar-refractivity contribution is 7.12. The largest absolute Gasteiger partial charge is 0.383 e. The number of methoxy groups -OCH3 is 1. The van der Waals surface area contributed by atoms with Crippen LogP contribution in [0.15, 0.2) is 41.8 Å². The van der Waals surface area contributed by atoms with Crippen molar-refractivity contribution in [2.45, 2.75) is 13.0 Å². The van der Waals surface area contributed by atoms with Crippen LogP contribution in [0.4, 0.5) is 0 Å². The number of ether oxygens (including phenoxy) is 1. The first-order chi connectivity index (χ1) is 11.3. The summed E-state index contributed by atoms with van der Waals surface area (Å²) in [7, 11) is 1.69. The van der Waals surface area contributed by atoms with Gasteiger partial charge in [0.25, 0.3) is 5.91 Å². The Morgan fingerprint density at radius 2 is 2.17 bits per heavy atom. The number of nitrogens with zero attached hydrogens (tertiary/aromatic N) is 2. The van der Waals surface area contributed by atoms with Crippen LogP contribution in [0, 0.1) is 0 Å². The van der Waals surface area contributed by atoms with Crippen molar-refractivity contribution in [1.82, 2.24) is 14.9 Å². The van der Waals surface area contributed by atoms with Gasteiger partial charge >= 0.3 is 0 Å². The maximum Gasteiger partial charge on any atom is 0.261 e. The van der Waals surface area contributed by atoms with Crippen LogP contribution in [-0.2, 0) is 17.7 Å². The van der Waals surface area contributed by atoms with Crippen molar-refractivity contribution in [2.24, 2.45) is 0 Å². The third kappa shape index (κ3) is 3.60. The fraction of sp³-hybridized carbons (Fsp3) is 0.294. The monoisotopic (exact) mass is 329 g/mol. The van der Waals surface area contributed by atoms with Crippen molar-refractivity contribution < 1.29 is 9.53 Å². The lowest BCUT2D eigenvalue weighted by Crippen LogP contribution is -2.26. The van der Waals surface area contributed by atoms with Gasteiger partial charge < -0.3 is 14.6 Å². The van der Waals surface area contributed by atoms with Crippen LogP contribution in [0.5, 0.6) is 0 Å². The Morgan fingerprint density at radius 3 is 2.96 bits per heavy atom. The van der Waals surface area contributed by atoms with Gasteiger partial charge in [-0.1, -0.05) is 18.2 Å². The highest BCUT2D eigenvalue weighted by Gasteiger charge is 2.11. The van der Waals surface area contributed by atoms with Crippen molar-refractivity contribution in [3.05, 3.63) is 52.5 Å². The summed E-state index contributed by atoms with van der Waals surface area (Å²) in [6, 6.07) is 11.8. The molecule has 0 unspecified atom stereocenters. The van der Waals surface area contributed by atoms with E-state index in [2.05, 4.69) is 20.9 Å². The van der Waals surface area contributed by atoms with E-state index < -0.39 is 0 Å². The number of imidazole rings is 1. The van der Waals surface area contributed by atoms with Gasteiger partial charge in [0.1, 0.15) is 5.82 Å². The number of hydrogen-bond donors (Lipinski definition) is 1. The molecule has 1 aromatic carbocycles. The quantitative estimate of drug-likeness (QED) is 0.725. The van der Waals surface area contributed by atoms with Gasteiger partial charge in [0.2, 0.25) is 0 Å². The van der Waals surface area contributed by atoms with E-state index in [9.17, 15) is 4.79 Å². The van der Waals surface area contributed by atoms with Gasteiger partial charge in [-0.2, -0.15) is 0 Å². The Labute approximate surface area is 138 Å². The lowest BCUT2D eigenvalue weighted by molar-refractivity contribution is 0.0958. The van der Waals surface area contributed by atoms with E-state index >= 15 is 0 Å². The van der Waals surface area contributed by atoms with Gasteiger partial charge in [-0.3, -0.25) is 4.79 Å². The number of aromatic nitrogens is 2. The number of amides is 1. The maximum absolute atomic E-state index is 12.0. The van der Waals surface area contributed by atoms with Crippen LogP contribution < -0.4 is 5.32 Å². The molecule has 5 nitrogen and oxygen atoms in total. The van der Waals surface area contributed by atoms with E-state index in [0.717, 1.165) is 28.3 Å². The van der Waals surface area contributed by atoms with Gasteiger partial charge in [0.05, 0.1) is 22.5 Å². The summed E-state index contributed by atoms with van der Waals surface area (Å²) < 4.78 is 7.36. The molecule has 1 N–H and O–H groups in total. The third-order valence-corrected chi connectivity index (χ3v) is 4.50. The predicted molar refractivity (Wildman–Crippen MR) is 92.0 cm³/mol. The summed E-state index contributed by atoms with van der Waals surface area (Å²) in [4.78, 5) is 17.4. The summed E-state index contributed by atoms with van der Waals surface area (Å²) in [5, 5.41) is 4.85. The van der Waals surface area contributed by atoms with Crippen LogP contribution in [0.3, 0.4) is 0 Å². The Hall–Kier alpha value is -2.18. The molecule has 2 heterocycles. The van der Waals surface area contributed by atoms with Crippen molar-refractivity contribution >= 4 is 28.3 Å². The molecule has 0 radical (unpaired) electrons. The fourth-order valence-electron chi connectivity index (χ4n) is 2.53. The number of nitrogens with one attached hydrogen (secondary N) is 1. The smallest absolute Gasteiger partial charge is 0.261 e. The normalized spacial score (nSPS) is 11.0. The van der Waals surface area contributed by atoms with Crippen molar-refractivity contribution in [3.63, 3.8) is 0 Å². The number of rotatable bonds is 7. The zero-order valence-corrected chi connectivity index (χ0v) is 13.8. The zero-order valence-electron chi connectivity index (χ0n) is 13.0. The molecule has 120 valence electrons. The molecule has 23 heavy (non-hydrogen) atoms. The first-order valence-corrected chi connectivity index (χ1v) is 8.42. The molecule has 0 saturated carbocycles. The number of benzene rings is 1. The summed E-state index contributed by atoms with van der Waals surface area (Å²) in [6.45, 7) is 1.95. The molecule has 0 aliphatic rings. The number of hydrogen-bond acceptors (Lipinski definition) is 4. The lowest BCUT2D eigenvalue weighted by Gasteiger charge is -2.09. The summed E-state index contributed by atoms with van der Waals surface area (Å²) >= 11 is 1.45.